The zero-order chi connectivity index (χ0) is 23.5. The van der Waals surface area contributed by atoms with Crippen molar-refractivity contribution in [2.45, 2.75) is 25.4 Å². The van der Waals surface area contributed by atoms with Gasteiger partial charge in [0.05, 0.1) is 17.0 Å². The number of amides is 1. The fraction of sp³-hybridized carbons (Fsp3) is 0.222. The average Bonchev–Trinajstić information content (AvgIpc) is 2.86. The molecule has 0 unspecified atom stereocenters. The van der Waals surface area contributed by atoms with E-state index in [4.69, 9.17) is 0 Å². The summed E-state index contributed by atoms with van der Waals surface area (Å²) in [6.45, 7) is 2.29. The topological polar surface area (TPSA) is 58.1 Å². The van der Waals surface area contributed by atoms with Gasteiger partial charge in [0.25, 0.3) is 5.91 Å². The van der Waals surface area contributed by atoms with Gasteiger partial charge in [-0.15, -0.1) is 0 Å². The Bertz CT molecular complexity index is 1320. The summed E-state index contributed by atoms with van der Waals surface area (Å²) in [6.07, 6.45) is 3.17. The Balaban J connectivity index is 1.15. The predicted octanol–water partition coefficient (Wildman–Crippen LogP) is 4.97. The molecule has 2 aromatic heterocycles. The first kappa shape index (κ1) is 22.1. The van der Waals surface area contributed by atoms with Crippen LogP contribution in [0.1, 0.15) is 28.9 Å². The maximum Gasteiger partial charge on any atom is 0.253 e. The van der Waals surface area contributed by atoms with Crippen molar-refractivity contribution in [3.8, 4) is 11.3 Å². The number of fused-ring (bicyclic) bond motifs is 1. The number of benzene rings is 2. The molecule has 7 heteroatoms. The van der Waals surface area contributed by atoms with Crippen LogP contribution in [-0.4, -0.2) is 39.9 Å². The molecule has 34 heavy (non-hydrogen) atoms. The number of carbonyl (C=O) groups is 1. The fourth-order valence-electron chi connectivity index (χ4n) is 4.32. The normalized spacial score (nSPS) is 14.9. The molecule has 1 fully saturated rings. The molecule has 1 amide bonds. The highest BCUT2D eigenvalue weighted by molar-refractivity contribution is 5.94. The maximum absolute atomic E-state index is 14.0. The summed E-state index contributed by atoms with van der Waals surface area (Å²) in [5, 5.41) is 3.88. The van der Waals surface area contributed by atoms with E-state index in [2.05, 4.69) is 20.2 Å². The minimum atomic E-state index is -0.323. The summed E-state index contributed by atoms with van der Waals surface area (Å²) >= 11 is 0. The molecule has 4 aromatic rings. The molecule has 172 valence electrons. The molecule has 0 spiro atoms. The lowest BCUT2D eigenvalue weighted by Gasteiger charge is -2.32. The number of hydrogen-bond acceptors (Lipinski definition) is 4. The van der Waals surface area contributed by atoms with Crippen LogP contribution >= 0.6 is 0 Å². The van der Waals surface area contributed by atoms with Crippen molar-refractivity contribution in [1.29, 1.82) is 0 Å². The van der Waals surface area contributed by atoms with Gasteiger partial charge >= 0.3 is 0 Å². The molecule has 2 aromatic carbocycles. The summed E-state index contributed by atoms with van der Waals surface area (Å²) in [7, 11) is 0. The summed E-state index contributed by atoms with van der Waals surface area (Å²) in [6, 6.07) is 18.5. The van der Waals surface area contributed by atoms with E-state index in [1.807, 2.05) is 18.2 Å². The Morgan fingerprint density at radius 3 is 2.59 bits per heavy atom. The van der Waals surface area contributed by atoms with Crippen LogP contribution in [0.5, 0.6) is 0 Å². The lowest BCUT2D eigenvalue weighted by atomic mass is 10.0. The number of rotatable bonds is 5. The van der Waals surface area contributed by atoms with Crippen molar-refractivity contribution in [2.75, 3.05) is 13.1 Å². The first-order valence-corrected chi connectivity index (χ1v) is 11.3. The number of hydrogen-bond donors (Lipinski definition) is 1. The van der Waals surface area contributed by atoms with Gasteiger partial charge in [0.2, 0.25) is 0 Å². The van der Waals surface area contributed by atoms with Crippen LogP contribution in [0.3, 0.4) is 0 Å². The van der Waals surface area contributed by atoms with Crippen LogP contribution in [0.25, 0.3) is 22.2 Å². The van der Waals surface area contributed by atoms with Crippen LogP contribution < -0.4 is 5.32 Å². The van der Waals surface area contributed by atoms with E-state index in [1.165, 1.54) is 24.4 Å². The molecule has 0 bridgehead atoms. The van der Waals surface area contributed by atoms with Crippen molar-refractivity contribution < 1.29 is 13.6 Å². The molecule has 1 N–H and O–H groups in total. The third kappa shape index (κ3) is 4.94. The minimum absolute atomic E-state index is 0.0775. The smallest absolute Gasteiger partial charge is 0.253 e. The standard InChI is InChI=1S/C27H24F2N4O/c28-21-5-1-4-19(15-21)25-10-8-20(16-30-25)27(34)32-22-11-13-33(14-12-22)17-23-9-7-18-3-2-6-24(29)26(18)31-23/h1-10,15-16,22H,11-14,17H2,(H,32,34). The van der Waals surface area contributed by atoms with Crippen LogP contribution in [0.2, 0.25) is 0 Å². The molecule has 0 atom stereocenters. The highest BCUT2D eigenvalue weighted by Gasteiger charge is 2.22. The van der Waals surface area contributed by atoms with E-state index in [-0.39, 0.29) is 23.6 Å². The molecule has 3 heterocycles. The highest BCUT2D eigenvalue weighted by Crippen LogP contribution is 2.20. The zero-order valence-corrected chi connectivity index (χ0v) is 18.5. The molecular formula is C27H24F2N4O. The van der Waals surface area contributed by atoms with E-state index in [1.54, 1.807) is 30.3 Å². The molecule has 5 nitrogen and oxygen atoms in total. The van der Waals surface area contributed by atoms with E-state index in [0.717, 1.165) is 37.0 Å². The number of aromatic nitrogens is 2. The Kier molecular flexibility index (Phi) is 6.27. The lowest BCUT2D eigenvalue weighted by molar-refractivity contribution is 0.0908. The number of likely N-dealkylation sites (tertiary alicyclic amines) is 1. The molecule has 1 saturated heterocycles. The van der Waals surface area contributed by atoms with Crippen molar-refractivity contribution in [1.82, 2.24) is 20.2 Å². The summed E-state index contributed by atoms with van der Waals surface area (Å²) in [4.78, 5) is 23.8. The van der Waals surface area contributed by atoms with Crippen molar-refractivity contribution in [3.63, 3.8) is 0 Å². The van der Waals surface area contributed by atoms with Gasteiger partial charge in [-0.25, -0.2) is 13.8 Å². The van der Waals surface area contributed by atoms with Crippen LogP contribution in [0, 0.1) is 11.6 Å². The van der Waals surface area contributed by atoms with Gasteiger partial charge in [-0.1, -0.05) is 30.3 Å². The van der Waals surface area contributed by atoms with Gasteiger partial charge in [-0.3, -0.25) is 14.7 Å². The Hall–Kier alpha value is -3.71. The Morgan fingerprint density at radius 1 is 1.00 bits per heavy atom. The van der Waals surface area contributed by atoms with Crippen LogP contribution in [-0.2, 0) is 6.54 Å². The van der Waals surface area contributed by atoms with Gasteiger partial charge in [0.15, 0.2) is 0 Å². The van der Waals surface area contributed by atoms with Gasteiger partial charge in [-0.2, -0.15) is 0 Å². The van der Waals surface area contributed by atoms with Gasteiger partial charge in [0.1, 0.15) is 17.2 Å². The highest BCUT2D eigenvalue weighted by atomic mass is 19.1. The average molecular weight is 459 g/mol. The summed E-state index contributed by atoms with van der Waals surface area (Å²) in [5.41, 5.74) is 3.00. The number of halogens is 2. The molecule has 0 aliphatic carbocycles. The van der Waals surface area contributed by atoms with Crippen LogP contribution in [0.4, 0.5) is 8.78 Å². The molecule has 0 saturated carbocycles. The second-order valence-electron chi connectivity index (χ2n) is 8.58. The second-order valence-corrected chi connectivity index (χ2v) is 8.58. The molecular weight excluding hydrogens is 434 g/mol. The van der Waals surface area contributed by atoms with E-state index in [9.17, 15) is 13.6 Å². The number of piperidine rings is 1. The van der Waals surface area contributed by atoms with Crippen molar-refractivity contribution in [2.24, 2.45) is 0 Å². The number of nitrogens with zero attached hydrogens (tertiary/aromatic N) is 3. The van der Waals surface area contributed by atoms with Gasteiger partial charge in [-0.05, 0) is 49.2 Å². The second kappa shape index (κ2) is 9.65. The largest absolute Gasteiger partial charge is 0.349 e. The van der Waals surface area contributed by atoms with Crippen LogP contribution in [0.15, 0.2) is 72.9 Å². The minimum Gasteiger partial charge on any atom is -0.349 e. The third-order valence-corrected chi connectivity index (χ3v) is 6.18. The van der Waals surface area contributed by atoms with Gasteiger partial charge < -0.3 is 5.32 Å². The number of pyridine rings is 2. The summed E-state index contributed by atoms with van der Waals surface area (Å²) in [5.74, 6) is -0.793. The zero-order valence-electron chi connectivity index (χ0n) is 18.5. The molecule has 1 aliphatic heterocycles. The third-order valence-electron chi connectivity index (χ3n) is 6.18. The molecule has 5 rings (SSSR count). The van der Waals surface area contributed by atoms with Crippen molar-refractivity contribution >= 4 is 16.8 Å². The lowest BCUT2D eigenvalue weighted by Crippen LogP contribution is -2.44. The quantitative estimate of drug-likeness (QED) is 0.459. The predicted molar refractivity (Wildman–Crippen MR) is 127 cm³/mol. The van der Waals surface area contributed by atoms with Gasteiger partial charge in [0, 0.05) is 42.8 Å². The first-order chi connectivity index (χ1) is 16.5. The molecule has 1 aliphatic rings. The van der Waals surface area contributed by atoms with E-state index >= 15 is 0 Å². The maximum atomic E-state index is 14.0. The number of nitrogens with one attached hydrogen (secondary N) is 1. The monoisotopic (exact) mass is 458 g/mol. The summed E-state index contributed by atoms with van der Waals surface area (Å²) < 4.78 is 27.5. The number of para-hydroxylation sites is 1. The molecule has 0 radical (unpaired) electrons. The van der Waals surface area contributed by atoms with E-state index < -0.39 is 0 Å². The number of carbonyl (C=O) groups excluding carboxylic acids is 1. The first-order valence-electron chi connectivity index (χ1n) is 11.3. The Morgan fingerprint density at radius 2 is 1.82 bits per heavy atom. The SMILES string of the molecule is O=C(NC1CCN(Cc2ccc3cccc(F)c3n2)CC1)c1ccc(-c2cccc(F)c2)nc1. The fourth-order valence-corrected chi connectivity index (χ4v) is 4.32. The van der Waals surface area contributed by atoms with Crippen molar-refractivity contribution in [3.05, 3.63) is 95.8 Å². The Labute approximate surface area is 196 Å². The van der Waals surface area contributed by atoms with E-state index in [0.29, 0.717) is 28.9 Å².